The topological polar surface area (TPSA) is 62.3 Å². The Kier molecular flexibility index (Phi) is 4.81. The zero-order chi connectivity index (χ0) is 19.3. The highest BCUT2D eigenvalue weighted by Crippen LogP contribution is 2.64. The van der Waals surface area contributed by atoms with Crippen molar-refractivity contribution in [2.75, 3.05) is 0 Å². The number of carbonyl (C=O) groups excluding carboxylic acids is 2. The van der Waals surface area contributed by atoms with E-state index in [2.05, 4.69) is 10.8 Å². The van der Waals surface area contributed by atoms with Crippen LogP contribution in [-0.2, 0) is 9.59 Å². The quantitative estimate of drug-likeness (QED) is 0.514. The van der Waals surface area contributed by atoms with Gasteiger partial charge >= 0.3 is 0 Å². The van der Waals surface area contributed by atoms with E-state index in [0.29, 0.717) is 12.8 Å². The molecule has 3 aliphatic rings. The molecule has 3 atom stereocenters. The van der Waals surface area contributed by atoms with E-state index >= 15 is 0 Å². The number of hydrogen-bond donors (Lipinski definition) is 0. The van der Waals surface area contributed by atoms with Crippen LogP contribution in [-0.4, -0.2) is 11.6 Å². The number of hydrogen-bond acceptors (Lipinski definition) is 3. The molecule has 3 aliphatic carbocycles. The van der Waals surface area contributed by atoms with Gasteiger partial charge in [-0.2, -0.15) is 5.26 Å². The standard InChI is InChI=1S/C22H20N2O2.CH4/c1-6-8-22-9-7-17-20(2,3)19(26)15(24-5)12-21(17,4)18(22)10-16(25)14(11-22)13-23;/h1,10-12,17H,7-9H2,2-4H3;1H4/t17-,21-,22-;/m0./s1. The van der Waals surface area contributed by atoms with Gasteiger partial charge in [-0.05, 0) is 30.4 Å². The highest BCUT2D eigenvalue weighted by atomic mass is 16.1. The lowest BCUT2D eigenvalue weighted by molar-refractivity contribution is -0.130. The van der Waals surface area contributed by atoms with Crippen LogP contribution < -0.4 is 0 Å². The van der Waals surface area contributed by atoms with E-state index in [4.69, 9.17) is 13.0 Å². The van der Waals surface area contributed by atoms with Crippen molar-refractivity contribution in [1.29, 1.82) is 5.26 Å². The van der Waals surface area contributed by atoms with Crippen molar-refractivity contribution in [3.05, 3.63) is 46.5 Å². The Hall–Kier alpha value is -2.90. The molecule has 0 heterocycles. The lowest BCUT2D eigenvalue weighted by Crippen LogP contribution is -2.53. The number of allylic oxidation sites excluding steroid dienone is 6. The van der Waals surface area contributed by atoms with Gasteiger partial charge in [0, 0.05) is 22.7 Å². The van der Waals surface area contributed by atoms with Crippen molar-refractivity contribution in [2.24, 2.45) is 22.2 Å². The molecule has 0 spiro atoms. The first kappa shape index (κ1) is 20.4. The van der Waals surface area contributed by atoms with Gasteiger partial charge in [0.25, 0.3) is 0 Å². The fraction of sp³-hybridized carbons (Fsp3) is 0.478. The molecule has 0 bridgehead atoms. The zero-order valence-electron chi connectivity index (χ0n) is 15.2. The minimum Gasteiger partial charge on any atom is -0.307 e. The molecule has 1 fully saturated rings. The third kappa shape index (κ3) is 2.58. The van der Waals surface area contributed by atoms with Crippen molar-refractivity contribution >= 4 is 11.6 Å². The largest absolute Gasteiger partial charge is 0.307 e. The van der Waals surface area contributed by atoms with E-state index in [1.54, 1.807) is 12.2 Å². The summed E-state index contributed by atoms with van der Waals surface area (Å²) in [6.45, 7) is 13.2. The molecular formula is C23H24N2O2. The summed E-state index contributed by atoms with van der Waals surface area (Å²) in [5, 5.41) is 9.31. The molecule has 0 aromatic heterocycles. The van der Waals surface area contributed by atoms with Gasteiger partial charge in [0.05, 0.1) is 12.1 Å². The minimum absolute atomic E-state index is 0. The summed E-state index contributed by atoms with van der Waals surface area (Å²) in [6.07, 6.45) is 12.4. The van der Waals surface area contributed by atoms with Gasteiger partial charge in [-0.1, -0.05) is 40.3 Å². The molecule has 0 unspecified atom stereocenters. The minimum atomic E-state index is -0.700. The molecule has 3 rings (SSSR count). The maximum absolute atomic E-state index is 12.7. The maximum Gasteiger partial charge on any atom is 0.226 e. The van der Waals surface area contributed by atoms with E-state index < -0.39 is 16.2 Å². The Morgan fingerprint density at radius 3 is 2.56 bits per heavy atom. The molecule has 0 saturated heterocycles. The van der Waals surface area contributed by atoms with Gasteiger partial charge in [-0.15, -0.1) is 12.3 Å². The first-order valence-corrected chi connectivity index (χ1v) is 8.65. The van der Waals surface area contributed by atoms with Crippen LogP contribution in [0.25, 0.3) is 4.85 Å². The number of nitriles is 1. The van der Waals surface area contributed by atoms with Crippen molar-refractivity contribution in [3.63, 3.8) is 0 Å². The third-order valence-corrected chi connectivity index (χ3v) is 6.47. The Morgan fingerprint density at radius 2 is 2.00 bits per heavy atom. The number of nitrogens with zero attached hydrogens (tertiary/aromatic N) is 2. The van der Waals surface area contributed by atoms with Crippen molar-refractivity contribution in [2.45, 2.75) is 47.5 Å². The van der Waals surface area contributed by atoms with Crippen LogP contribution in [0.4, 0.5) is 0 Å². The second-order valence-electron chi connectivity index (χ2n) is 8.20. The number of Topliss-reactive ketones (excluding diaryl/α,β-unsaturated/α-hetero) is 1. The third-order valence-electron chi connectivity index (χ3n) is 6.47. The van der Waals surface area contributed by atoms with Crippen LogP contribution in [0.3, 0.4) is 0 Å². The second-order valence-corrected chi connectivity index (χ2v) is 8.20. The Balaban J connectivity index is 0.00000261. The lowest BCUT2D eigenvalue weighted by atomic mass is 9.45. The first-order chi connectivity index (χ1) is 12.2. The molecule has 4 heteroatoms. The normalized spacial score (nSPS) is 33.5. The van der Waals surface area contributed by atoms with E-state index in [-0.39, 0.29) is 36.2 Å². The van der Waals surface area contributed by atoms with Crippen LogP contribution >= 0.6 is 0 Å². The maximum atomic E-state index is 12.7. The molecule has 0 radical (unpaired) electrons. The molecule has 138 valence electrons. The number of carbonyl (C=O) groups is 2. The Morgan fingerprint density at radius 1 is 1.33 bits per heavy atom. The lowest BCUT2D eigenvalue weighted by Gasteiger charge is -2.57. The monoisotopic (exact) mass is 360 g/mol. The predicted octanol–water partition coefficient (Wildman–Crippen LogP) is 4.42. The van der Waals surface area contributed by atoms with Crippen LogP contribution in [0.2, 0.25) is 0 Å². The molecule has 0 aromatic carbocycles. The average Bonchev–Trinajstić information content (AvgIpc) is 2.59. The fourth-order valence-electron chi connectivity index (χ4n) is 5.28. The second kappa shape index (κ2) is 6.37. The van der Waals surface area contributed by atoms with E-state index in [1.807, 2.05) is 26.8 Å². The summed E-state index contributed by atoms with van der Waals surface area (Å²) in [4.78, 5) is 28.7. The van der Waals surface area contributed by atoms with Gasteiger partial charge in [-0.3, -0.25) is 4.79 Å². The van der Waals surface area contributed by atoms with E-state index in [9.17, 15) is 14.9 Å². The van der Waals surface area contributed by atoms with Crippen LogP contribution in [0.15, 0.2) is 35.1 Å². The number of fused-ring (bicyclic) bond motifs is 3. The summed E-state index contributed by atoms with van der Waals surface area (Å²) in [5.41, 5.74) is -0.821. The van der Waals surface area contributed by atoms with Crippen molar-refractivity contribution in [3.8, 4) is 18.4 Å². The summed E-state index contributed by atoms with van der Waals surface area (Å²) < 4.78 is 0. The SMILES string of the molecule is C.[C-]#[N+]C1=C[C@]2(C)C3=CC(=O)C(C#N)=C[C@]3(CC#C)CC[C@H]2C(C)(C)C1=O. The van der Waals surface area contributed by atoms with E-state index in [0.717, 1.165) is 12.0 Å². The summed E-state index contributed by atoms with van der Waals surface area (Å²) in [7, 11) is 0. The van der Waals surface area contributed by atoms with Crippen LogP contribution in [0.1, 0.15) is 47.5 Å². The van der Waals surface area contributed by atoms with Crippen molar-refractivity contribution in [1.82, 2.24) is 0 Å². The van der Waals surface area contributed by atoms with Gasteiger partial charge in [-0.25, -0.2) is 4.85 Å². The molecule has 27 heavy (non-hydrogen) atoms. The highest BCUT2D eigenvalue weighted by molar-refractivity contribution is 6.09. The number of rotatable bonds is 1. The summed E-state index contributed by atoms with van der Waals surface area (Å²) >= 11 is 0. The molecule has 1 saturated carbocycles. The number of terminal acetylenes is 1. The average molecular weight is 360 g/mol. The van der Waals surface area contributed by atoms with Crippen molar-refractivity contribution < 1.29 is 9.59 Å². The van der Waals surface area contributed by atoms with Gasteiger partial charge in [0.15, 0.2) is 11.6 Å². The van der Waals surface area contributed by atoms with E-state index in [1.165, 1.54) is 6.08 Å². The molecule has 0 amide bonds. The predicted molar refractivity (Wildman–Crippen MR) is 104 cm³/mol. The fourth-order valence-corrected chi connectivity index (χ4v) is 5.28. The zero-order valence-corrected chi connectivity index (χ0v) is 15.2. The van der Waals surface area contributed by atoms with Gasteiger partial charge < -0.3 is 4.79 Å². The smallest absolute Gasteiger partial charge is 0.226 e. The summed E-state index contributed by atoms with van der Waals surface area (Å²) in [6, 6.07) is 1.98. The Labute approximate surface area is 161 Å². The molecule has 4 nitrogen and oxygen atoms in total. The van der Waals surface area contributed by atoms with Crippen LogP contribution in [0.5, 0.6) is 0 Å². The van der Waals surface area contributed by atoms with Gasteiger partial charge in [0.1, 0.15) is 6.07 Å². The molecule has 0 aromatic rings. The number of ketones is 2. The molecule has 0 aliphatic heterocycles. The first-order valence-electron chi connectivity index (χ1n) is 8.65. The van der Waals surface area contributed by atoms with Crippen LogP contribution in [0, 0.1) is 52.4 Å². The summed E-state index contributed by atoms with van der Waals surface area (Å²) in [5.74, 6) is 2.20. The van der Waals surface area contributed by atoms with Gasteiger partial charge in [0.2, 0.25) is 5.70 Å². The highest BCUT2D eigenvalue weighted by Gasteiger charge is 2.59. The Bertz CT molecular complexity index is 942. The molecule has 0 N–H and O–H groups in total. The molecular weight excluding hydrogens is 336 g/mol.